The third-order valence-electron chi connectivity index (χ3n) is 23.6. The zero-order valence-electron chi connectivity index (χ0n) is 63.7. The van der Waals surface area contributed by atoms with Gasteiger partial charge in [-0.2, -0.15) is 23.5 Å². The molecule has 7 N–H and O–H groups in total. The molecule has 588 valence electrons. The number of imidazole rings is 1. The molecule has 8 aromatic heterocycles. The van der Waals surface area contributed by atoms with Crippen molar-refractivity contribution in [2.45, 2.75) is 153 Å². The first-order valence-corrected chi connectivity index (χ1v) is 39.2. The lowest BCUT2D eigenvalue weighted by Crippen LogP contribution is -2.67. The third-order valence-corrected chi connectivity index (χ3v) is 23.6. The van der Waals surface area contributed by atoms with Gasteiger partial charge in [0, 0.05) is 180 Å². The van der Waals surface area contributed by atoms with Crippen LogP contribution in [-0.2, 0) is 27.6 Å². The van der Waals surface area contributed by atoms with Gasteiger partial charge in [0.2, 0.25) is 24.1 Å². The van der Waals surface area contributed by atoms with Gasteiger partial charge >= 0.3 is 11.9 Å². The number of halogens is 3. The van der Waals surface area contributed by atoms with Crippen molar-refractivity contribution in [3.05, 3.63) is 155 Å². The van der Waals surface area contributed by atoms with Crippen LogP contribution in [0.1, 0.15) is 136 Å². The Labute approximate surface area is 649 Å². The molecule has 0 radical (unpaired) electrons. The van der Waals surface area contributed by atoms with E-state index in [2.05, 4.69) is 78.7 Å². The molecule has 16 rings (SSSR count). The number of rotatable bonds is 19. The van der Waals surface area contributed by atoms with Crippen LogP contribution in [0.5, 0.6) is 0 Å². The Morgan fingerprint density at radius 1 is 0.664 bits per heavy atom. The molecule has 6 aliphatic rings. The summed E-state index contributed by atoms with van der Waals surface area (Å²) in [5, 5.41) is 46.1. The van der Waals surface area contributed by atoms with Crippen LogP contribution in [-0.4, -0.2) is 189 Å². The van der Waals surface area contributed by atoms with E-state index >= 15 is 0 Å². The number of anilines is 5. The second kappa shape index (κ2) is 31.2. The van der Waals surface area contributed by atoms with E-state index in [9.17, 15) is 52.3 Å². The number of amides is 5. The summed E-state index contributed by atoms with van der Waals surface area (Å²) >= 11 is 0. The highest BCUT2D eigenvalue weighted by molar-refractivity contribution is 6.03. The molecule has 12 heterocycles. The number of piperazine rings is 2. The van der Waals surface area contributed by atoms with Crippen molar-refractivity contribution in [2.75, 3.05) is 84.2 Å². The largest absolute Gasteiger partial charge is 0.417 e. The normalized spacial score (nSPS) is 22.3. The van der Waals surface area contributed by atoms with Crippen LogP contribution in [0.2, 0.25) is 0 Å². The third kappa shape index (κ3) is 15.4. The first kappa shape index (κ1) is 75.5. The molecule has 31 heteroatoms. The highest BCUT2D eigenvalue weighted by atomic mass is 19.4. The first-order valence-electron chi connectivity index (χ1n) is 39.2. The maximum Gasteiger partial charge on any atom is 0.417 e. The van der Waals surface area contributed by atoms with Crippen LogP contribution in [0.25, 0.3) is 55.6 Å². The minimum absolute atomic E-state index is 0.00654. The number of nitriles is 1. The highest BCUT2D eigenvalue weighted by Gasteiger charge is 2.43. The SMILES string of the molecule is CC(C)Nc1cc(-n2ccc3cc(C(F)(F)F)cnc32)ncc1C(=O)NC1CCC(CN2CCN(c3ccc4c(c3)n(C)c(=O)n4C3CCC(=O)NC3=O)CC2C2CN(c3cccc4c(N5CCC(=O)NC5O)cncc34)CCN2CC2CCC(NC(=O)c3cnc(-c4ccc5cc(C#N)cnn45)cc3NC(C)C)CC2)CC1. The number of fused-ring (bicyclic) bond motifs is 4. The average Bonchev–Trinajstić information content (AvgIpc) is 1.48. The Morgan fingerprint density at radius 3 is 2.00 bits per heavy atom. The van der Waals surface area contributed by atoms with Gasteiger partial charge in [-0.15, -0.1) is 0 Å². The lowest BCUT2D eigenvalue weighted by atomic mass is 9.84. The fourth-order valence-corrected chi connectivity index (χ4v) is 17.8. The number of benzene rings is 2. The predicted octanol–water partition coefficient (Wildman–Crippen LogP) is 9.10. The molecule has 28 nitrogen and oxygen atoms in total. The van der Waals surface area contributed by atoms with Crippen molar-refractivity contribution >= 4 is 96.3 Å². The summed E-state index contributed by atoms with van der Waals surface area (Å²) in [7, 11) is 1.72. The van der Waals surface area contributed by atoms with E-state index in [4.69, 9.17) is 9.97 Å². The van der Waals surface area contributed by atoms with Crippen LogP contribution >= 0.6 is 0 Å². The van der Waals surface area contributed by atoms with E-state index in [1.165, 1.54) is 17.0 Å². The second-order valence-corrected chi connectivity index (χ2v) is 31.7. The van der Waals surface area contributed by atoms with E-state index in [0.717, 1.165) is 117 Å². The molecule has 4 aliphatic heterocycles. The summed E-state index contributed by atoms with van der Waals surface area (Å²) in [4.78, 5) is 112. The van der Waals surface area contributed by atoms with Gasteiger partial charge in [-0.25, -0.2) is 19.3 Å². The molecule has 0 spiro atoms. The van der Waals surface area contributed by atoms with E-state index in [0.29, 0.717) is 113 Å². The number of carbonyl (C=O) groups is 5. The zero-order chi connectivity index (χ0) is 78.7. The van der Waals surface area contributed by atoms with Crippen molar-refractivity contribution in [3.8, 4) is 23.3 Å². The first-order chi connectivity index (χ1) is 54.5. The summed E-state index contributed by atoms with van der Waals surface area (Å²) in [6, 6.07) is 24.9. The molecule has 5 amide bonds. The van der Waals surface area contributed by atoms with Gasteiger partial charge in [0.1, 0.15) is 23.6 Å². The molecule has 2 saturated carbocycles. The van der Waals surface area contributed by atoms with Crippen LogP contribution in [0.3, 0.4) is 0 Å². The van der Waals surface area contributed by atoms with E-state index < -0.39 is 30.0 Å². The van der Waals surface area contributed by atoms with Gasteiger partial charge in [0.05, 0.1) is 79.6 Å². The van der Waals surface area contributed by atoms with Gasteiger partial charge in [-0.1, -0.05) is 12.1 Å². The monoisotopic (exact) mass is 1540 g/mol. The number of nitrogens with one attached hydrogen (secondary N) is 6. The Hall–Kier alpha value is -11.5. The maximum atomic E-state index is 14.5. The number of piperidine rings is 1. The summed E-state index contributed by atoms with van der Waals surface area (Å²) < 4.78 is 47.4. The highest BCUT2D eigenvalue weighted by Crippen LogP contribution is 2.40. The van der Waals surface area contributed by atoms with Gasteiger partial charge < -0.3 is 46.4 Å². The van der Waals surface area contributed by atoms with Gasteiger partial charge in [-0.05, 0) is 158 Å². The standard InChI is InChI=1S/C82H92F3N21O7/c1-47(2)92-62-34-64(66-19-18-57-31-51(36-86)37-91-106(57)66)88-40-60(62)77(109)94-54-13-11-50(12-14-54)44-101-29-30-102(65-8-6-7-58-59(65)39-87-42-70(58)103-26-24-75(108)97-80(103)112)46-72(101)71-45-99(56-17-20-67-69(33-56)98(5)81(113)105(67)68-21-22-74(107)96-79(68)111)27-28-100(71)43-49-9-15-55(16-10-49)95-78(110)61-41-89-73(35-63(61)93-48(3)4)104-25-23-52-32-53(82(83,84)85)38-90-76(52)104/h6-8,17-20,23,25,31-35,37-42,47-50,54-55,68,71-72,80,112H,9-16,21-22,24,26-30,43-46H2,1-5H3,(H,88,92)(H,89,93)(H,94,109)(H,95,110)(H,97,108)(H,96,107,111). The molecule has 2 aromatic carbocycles. The quantitative estimate of drug-likeness (QED) is 0.0371. The molecule has 4 unspecified atom stereocenters. The Balaban J connectivity index is 0.679. The zero-order valence-corrected chi connectivity index (χ0v) is 63.7. The number of aliphatic hydroxyl groups is 1. The van der Waals surface area contributed by atoms with Crippen molar-refractivity contribution in [2.24, 2.45) is 18.9 Å². The van der Waals surface area contributed by atoms with Crippen molar-refractivity contribution in [1.29, 1.82) is 5.26 Å². The maximum absolute atomic E-state index is 14.5. The Bertz CT molecular complexity index is 5440. The smallest absolute Gasteiger partial charge is 0.382 e. The van der Waals surface area contributed by atoms with Crippen molar-refractivity contribution in [1.82, 2.24) is 74.3 Å². The van der Waals surface area contributed by atoms with Crippen molar-refractivity contribution < 1.29 is 42.3 Å². The lowest BCUT2D eigenvalue weighted by molar-refractivity contribution is -0.138. The van der Waals surface area contributed by atoms with Crippen molar-refractivity contribution in [3.63, 3.8) is 0 Å². The number of carbonyl (C=O) groups excluding carboxylic acids is 5. The second-order valence-electron chi connectivity index (χ2n) is 31.7. The molecular weight excluding hydrogens is 1450 g/mol. The number of pyridine rings is 4. The number of alkyl halides is 3. The fraction of sp³-hybridized carbons (Fsp3) is 0.439. The Kier molecular flexibility index (Phi) is 20.9. The molecule has 4 saturated heterocycles. The van der Waals surface area contributed by atoms with E-state index in [1.54, 1.807) is 62.4 Å². The number of hydrogen-bond acceptors (Lipinski definition) is 20. The average molecular weight is 1540 g/mol. The van der Waals surface area contributed by atoms with Gasteiger partial charge in [0.25, 0.3) is 11.8 Å². The number of nitrogens with zero attached hydrogens (tertiary/aromatic N) is 15. The molecule has 10 aromatic rings. The number of imide groups is 1. The van der Waals surface area contributed by atoms with Gasteiger partial charge in [0.15, 0.2) is 0 Å². The summed E-state index contributed by atoms with van der Waals surface area (Å²) in [5.74, 6) is -0.642. The fourth-order valence-electron chi connectivity index (χ4n) is 17.8. The molecule has 0 bridgehead atoms. The molecule has 2 aliphatic carbocycles. The van der Waals surface area contributed by atoms with Crippen LogP contribution < -0.4 is 52.3 Å². The van der Waals surface area contributed by atoms with Crippen LogP contribution in [0.4, 0.5) is 41.6 Å². The number of aliphatic hydroxyl groups excluding tert-OH is 1. The molecule has 4 atom stereocenters. The number of aryl methyl sites for hydroxylation is 1. The van der Waals surface area contributed by atoms with Crippen LogP contribution in [0.15, 0.2) is 127 Å². The molecule has 6 fully saturated rings. The molecular formula is C82H92F3N21O7. The minimum Gasteiger partial charge on any atom is -0.382 e. The minimum atomic E-state index is -4.56. The van der Waals surface area contributed by atoms with E-state index in [1.807, 2.05) is 82.4 Å². The summed E-state index contributed by atoms with van der Waals surface area (Å²) in [6.45, 7) is 13.9. The van der Waals surface area contributed by atoms with E-state index in [-0.39, 0.29) is 90.7 Å². The van der Waals surface area contributed by atoms with Gasteiger partial charge in [-0.3, -0.25) is 62.8 Å². The molecule has 113 heavy (non-hydrogen) atoms. The summed E-state index contributed by atoms with van der Waals surface area (Å²) in [5.41, 5.74) is 7.49. The topological polar surface area (TPSA) is 318 Å². The number of aromatic nitrogens is 9. The van der Waals surface area contributed by atoms with Crippen LogP contribution in [0, 0.1) is 23.2 Å². The summed E-state index contributed by atoms with van der Waals surface area (Å²) in [6.07, 6.45) is 11.9. The lowest BCUT2D eigenvalue weighted by Gasteiger charge is -2.53. The Morgan fingerprint density at radius 2 is 1.34 bits per heavy atom. The predicted molar refractivity (Wildman–Crippen MR) is 423 cm³/mol. The number of hydrogen-bond donors (Lipinski definition) is 7.